The Labute approximate surface area is 123 Å². The van der Waals surface area contributed by atoms with Crippen LogP contribution < -0.4 is 0 Å². The fourth-order valence-electron chi connectivity index (χ4n) is 1.44. The monoisotopic (exact) mass is 382 g/mol. The average molecular weight is 383 g/mol. The summed E-state index contributed by atoms with van der Waals surface area (Å²) in [5.41, 5.74) is 2.36. The molecule has 0 saturated carbocycles. The minimum absolute atomic E-state index is 0.0101. The van der Waals surface area contributed by atoms with Crippen LogP contribution in [0.2, 0.25) is 5.02 Å². The van der Waals surface area contributed by atoms with Crippen molar-refractivity contribution in [2.45, 2.75) is 11.8 Å². The molecule has 0 bridgehead atoms. The highest BCUT2D eigenvalue weighted by Crippen LogP contribution is 2.29. The zero-order chi connectivity index (χ0) is 11.5. The Balaban J connectivity index is 2.14. The number of rotatable bonds is 3. The molecule has 1 atom stereocenters. The Morgan fingerprint density at radius 3 is 2.75 bits per heavy atom. The van der Waals surface area contributed by atoms with Gasteiger partial charge in [-0.1, -0.05) is 17.7 Å². The molecule has 0 nitrogen and oxygen atoms in total. The Bertz CT molecular complexity index is 468. The van der Waals surface area contributed by atoms with E-state index in [4.69, 9.17) is 23.2 Å². The summed E-state index contributed by atoms with van der Waals surface area (Å²) in [7, 11) is 0. The maximum Gasteiger partial charge on any atom is 0.0626 e. The number of thiophene rings is 1. The van der Waals surface area contributed by atoms with Gasteiger partial charge >= 0.3 is 0 Å². The molecule has 16 heavy (non-hydrogen) atoms. The van der Waals surface area contributed by atoms with E-state index in [1.165, 1.54) is 5.56 Å². The lowest BCUT2D eigenvalue weighted by Crippen LogP contribution is -1.95. The molecule has 0 fully saturated rings. The molecule has 84 valence electrons. The Morgan fingerprint density at radius 2 is 2.12 bits per heavy atom. The van der Waals surface area contributed by atoms with E-state index in [2.05, 4.69) is 39.4 Å². The van der Waals surface area contributed by atoms with Gasteiger partial charge in [0.1, 0.15) is 0 Å². The Morgan fingerprint density at radius 1 is 1.31 bits per heavy atom. The van der Waals surface area contributed by atoms with E-state index in [0.29, 0.717) is 0 Å². The highest BCUT2D eigenvalue weighted by Gasteiger charge is 2.10. The largest absolute Gasteiger partial charge is 0.152 e. The standard InChI is InChI=1S/C12H9Cl2IS/c13-10(5-8-3-4-16-7-8)9-1-2-12(15)11(14)6-9/h1-4,6-7,10H,5H2. The van der Waals surface area contributed by atoms with E-state index in [9.17, 15) is 0 Å². The second-order valence-corrected chi connectivity index (χ2v) is 6.35. The predicted octanol–water partition coefficient (Wildman–Crippen LogP) is 5.53. The lowest BCUT2D eigenvalue weighted by atomic mass is 10.1. The molecular formula is C12H9Cl2IS. The number of alkyl halides is 1. The molecule has 0 N–H and O–H groups in total. The van der Waals surface area contributed by atoms with Crippen molar-refractivity contribution < 1.29 is 0 Å². The van der Waals surface area contributed by atoms with Crippen LogP contribution >= 0.6 is 57.1 Å². The van der Waals surface area contributed by atoms with Crippen LogP contribution in [0.25, 0.3) is 0 Å². The van der Waals surface area contributed by atoms with Crippen molar-refractivity contribution in [3.63, 3.8) is 0 Å². The second-order valence-electron chi connectivity index (χ2n) is 3.48. The van der Waals surface area contributed by atoms with Crippen molar-refractivity contribution >= 4 is 57.1 Å². The van der Waals surface area contributed by atoms with E-state index in [-0.39, 0.29) is 5.38 Å². The van der Waals surface area contributed by atoms with E-state index >= 15 is 0 Å². The molecule has 2 aromatic rings. The summed E-state index contributed by atoms with van der Waals surface area (Å²) in [5, 5.41) is 4.96. The van der Waals surface area contributed by atoms with Gasteiger partial charge in [-0.3, -0.25) is 0 Å². The van der Waals surface area contributed by atoms with Crippen LogP contribution in [-0.2, 0) is 6.42 Å². The van der Waals surface area contributed by atoms with Crippen LogP contribution in [0.15, 0.2) is 35.0 Å². The zero-order valence-electron chi connectivity index (χ0n) is 8.29. The third kappa shape index (κ3) is 3.13. The second kappa shape index (κ2) is 5.71. The SMILES string of the molecule is Clc1cc(C(Cl)Cc2ccsc2)ccc1I. The summed E-state index contributed by atoms with van der Waals surface area (Å²) >= 11 is 16.4. The molecule has 1 aromatic heterocycles. The van der Waals surface area contributed by atoms with Crippen molar-refractivity contribution in [1.82, 2.24) is 0 Å². The first-order chi connectivity index (χ1) is 7.66. The molecule has 0 amide bonds. The fourth-order valence-corrected chi connectivity index (χ4v) is 2.96. The van der Waals surface area contributed by atoms with Crippen molar-refractivity contribution in [3.05, 3.63) is 54.7 Å². The van der Waals surface area contributed by atoms with Gasteiger partial charge in [-0.2, -0.15) is 11.3 Å². The van der Waals surface area contributed by atoms with Gasteiger partial charge in [0.25, 0.3) is 0 Å². The maximum atomic E-state index is 6.37. The zero-order valence-corrected chi connectivity index (χ0v) is 12.8. The van der Waals surface area contributed by atoms with Gasteiger partial charge in [0.15, 0.2) is 0 Å². The minimum atomic E-state index is -0.0101. The summed E-state index contributed by atoms with van der Waals surface area (Å²) in [6, 6.07) is 8.10. The third-order valence-corrected chi connectivity index (χ3v) is 5.01. The Hall–Kier alpha value is 0.230. The molecule has 2 rings (SSSR count). The number of halogens is 3. The van der Waals surface area contributed by atoms with Gasteiger partial charge in [-0.25, -0.2) is 0 Å². The highest BCUT2D eigenvalue weighted by atomic mass is 127. The normalized spacial score (nSPS) is 12.7. The summed E-state index contributed by atoms with van der Waals surface area (Å²) in [4.78, 5) is 0. The highest BCUT2D eigenvalue weighted by molar-refractivity contribution is 14.1. The molecule has 1 heterocycles. The molecule has 0 saturated heterocycles. The average Bonchev–Trinajstić information content (AvgIpc) is 2.74. The van der Waals surface area contributed by atoms with E-state index < -0.39 is 0 Å². The van der Waals surface area contributed by atoms with Gasteiger partial charge in [0.05, 0.1) is 10.4 Å². The van der Waals surface area contributed by atoms with Crippen molar-refractivity contribution in [2.24, 2.45) is 0 Å². The van der Waals surface area contributed by atoms with Gasteiger partial charge in [-0.05, 0) is 69.1 Å². The summed E-state index contributed by atoms with van der Waals surface area (Å²) in [6.45, 7) is 0. The van der Waals surface area contributed by atoms with Crippen LogP contribution in [0.4, 0.5) is 0 Å². The van der Waals surface area contributed by atoms with Crippen LogP contribution in [0.5, 0.6) is 0 Å². The van der Waals surface area contributed by atoms with E-state index in [1.807, 2.05) is 18.2 Å². The van der Waals surface area contributed by atoms with Gasteiger partial charge < -0.3 is 0 Å². The molecule has 1 unspecified atom stereocenters. The number of benzene rings is 1. The van der Waals surface area contributed by atoms with E-state index in [0.717, 1.165) is 20.6 Å². The van der Waals surface area contributed by atoms with Crippen molar-refractivity contribution in [3.8, 4) is 0 Å². The predicted molar refractivity (Wildman–Crippen MR) is 80.8 cm³/mol. The van der Waals surface area contributed by atoms with Gasteiger partial charge in [0, 0.05) is 3.57 Å². The van der Waals surface area contributed by atoms with Gasteiger partial charge in [0.2, 0.25) is 0 Å². The molecule has 1 aromatic carbocycles. The first kappa shape index (κ1) is 12.7. The molecular weight excluding hydrogens is 374 g/mol. The summed E-state index contributed by atoms with van der Waals surface area (Å²) < 4.78 is 1.06. The molecule has 4 heteroatoms. The quantitative estimate of drug-likeness (QED) is 0.483. The topological polar surface area (TPSA) is 0 Å². The number of hydrogen-bond acceptors (Lipinski definition) is 1. The summed E-state index contributed by atoms with van der Waals surface area (Å²) in [5.74, 6) is 0. The number of hydrogen-bond donors (Lipinski definition) is 0. The molecule has 0 spiro atoms. The van der Waals surface area contributed by atoms with Crippen molar-refractivity contribution in [1.29, 1.82) is 0 Å². The smallest absolute Gasteiger partial charge is 0.0626 e. The summed E-state index contributed by atoms with van der Waals surface area (Å²) in [6.07, 6.45) is 0.849. The molecule has 0 aliphatic heterocycles. The Kier molecular flexibility index (Phi) is 4.53. The van der Waals surface area contributed by atoms with Crippen LogP contribution in [0, 0.1) is 3.57 Å². The maximum absolute atomic E-state index is 6.37. The van der Waals surface area contributed by atoms with Crippen LogP contribution in [0.1, 0.15) is 16.5 Å². The molecule has 0 aliphatic carbocycles. The van der Waals surface area contributed by atoms with Crippen LogP contribution in [-0.4, -0.2) is 0 Å². The third-order valence-electron chi connectivity index (χ3n) is 2.30. The minimum Gasteiger partial charge on any atom is -0.152 e. The molecule has 0 aliphatic rings. The van der Waals surface area contributed by atoms with Gasteiger partial charge in [-0.15, -0.1) is 11.6 Å². The van der Waals surface area contributed by atoms with E-state index in [1.54, 1.807) is 11.3 Å². The van der Waals surface area contributed by atoms with Crippen LogP contribution in [0.3, 0.4) is 0 Å². The first-order valence-electron chi connectivity index (χ1n) is 4.77. The first-order valence-corrected chi connectivity index (χ1v) is 7.60. The lowest BCUT2D eigenvalue weighted by Gasteiger charge is -2.09. The fraction of sp³-hybridized carbons (Fsp3) is 0.167. The lowest BCUT2D eigenvalue weighted by molar-refractivity contribution is 0.924. The molecule has 0 radical (unpaired) electrons. The van der Waals surface area contributed by atoms with Crippen molar-refractivity contribution in [2.75, 3.05) is 0 Å².